The molecule has 0 saturated heterocycles. The van der Waals surface area contributed by atoms with Gasteiger partial charge in [0.2, 0.25) is 5.91 Å². The molecule has 100 valence electrons. The molecule has 7 heteroatoms. The number of nitrogens with one attached hydrogen (secondary N) is 2. The Labute approximate surface area is 111 Å². The second kappa shape index (κ2) is 8.32. The number of hydrogen-bond acceptors (Lipinski definition) is 4. The highest BCUT2D eigenvalue weighted by atomic mass is 35.5. The van der Waals surface area contributed by atoms with Gasteiger partial charge in [-0.2, -0.15) is 0 Å². The summed E-state index contributed by atoms with van der Waals surface area (Å²) in [7, 11) is 1.69. The van der Waals surface area contributed by atoms with Crippen molar-refractivity contribution in [3.8, 4) is 5.75 Å². The van der Waals surface area contributed by atoms with E-state index < -0.39 is 5.91 Å². The van der Waals surface area contributed by atoms with Gasteiger partial charge in [-0.05, 0) is 31.3 Å². The monoisotopic (exact) mass is 273 g/mol. The van der Waals surface area contributed by atoms with Crippen molar-refractivity contribution < 1.29 is 14.3 Å². The Hall–Kier alpha value is -1.79. The van der Waals surface area contributed by atoms with Gasteiger partial charge in [0.15, 0.2) is 6.61 Å². The molecule has 0 unspecified atom stereocenters. The van der Waals surface area contributed by atoms with Crippen molar-refractivity contribution in [2.45, 2.75) is 0 Å². The number of nitrogens with two attached hydrogens (primary N) is 1. The van der Waals surface area contributed by atoms with Crippen molar-refractivity contribution in [2.75, 3.05) is 25.5 Å². The highest BCUT2D eigenvalue weighted by Gasteiger charge is 2.01. The third-order valence-electron chi connectivity index (χ3n) is 1.86. The lowest BCUT2D eigenvalue weighted by molar-refractivity contribution is -0.120. The summed E-state index contributed by atoms with van der Waals surface area (Å²) in [6.07, 6.45) is 0. The number of likely N-dealkylation sites (N-methyl/N-ethyl adjacent to an activating group) is 1. The molecule has 4 N–H and O–H groups in total. The molecule has 2 amide bonds. The van der Waals surface area contributed by atoms with Crippen LogP contribution in [-0.4, -0.2) is 32.0 Å². The van der Waals surface area contributed by atoms with E-state index in [1.54, 1.807) is 31.3 Å². The van der Waals surface area contributed by atoms with Crippen molar-refractivity contribution in [3.63, 3.8) is 0 Å². The van der Waals surface area contributed by atoms with E-state index in [4.69, 9.17) is 10.5 Å². The second-order valence-corrected chi connectivity index (χ2v) is 3.36. The summed E-state index contributed by atoms with van der Waals surface area (Å²) in [6, 6.07) is 6.67. The number of ether oxygens (including phenoxy) is 1. The molecule has 1 aromatic carbocycles. The number of hydrogen-bond donors (Lipinski definition) is 3. The summed E-state index contributed by atoms with van der Waals surface area (Å²) >= 11 is 0. The van der Waals surface area contributed by atoms with E-state index in [0.29, 0.717) is 11.4 Å². The first-order valence-electron chi connectivity index (χ1n) is 5.07. The Bertz CT molecular complexity index is 395. The lowest BCUT2D eigenvalue weighted by Gasteiger charge is -2.06. The average Bonchev–Trinajstić information content (AvgIpc) is 2.28. The Kier molecular flexibility index (Phi) is 7.50. The third-order valence-corrected chi connectivity index (χ3v) is 1.86. The lowest BCUT2D eigenvalue weighted by atomic mass is 10.3. The predicted octanol–water partition coefficient (Wildman–Crippen LogP) is 0.130. The lowest BCUT2D eigenvalue weighted by Crippen LogP contribution is -2.25. The highest BCUT2D eigenvalue weighted by Crippen LogP contribution is 2.15. The summed E-state index contributed by atoms with van der Waals surface area (Å²) in [6.45, 7) is 0.0887. The number of carbonyl (C=O) groups excluding carboxylic acids is 2. The van der Waals surface area contributed by atoms with Gasteiger partial charge in [0.05, 0.1) is 6.54 Å². The fraction of sp³-hybridized carbons (Fsp3) is 0.273. The van der Waals surface area contributed by atoms with Crippen LogP contribution in [0.25, 0.3) is 0 Å². The maximum atomic E-state index is 11.2. The topological polar surface area (TPSA) is 93.4 Å². The minimum Gasteiger partial charge on any atom is -0.484 e. The normalized spacial score (nSPS) is 9.17. The van der Waals surface area contributed by atoms with Gasteiger partial charge in [0, 0.05) is 5.69 Å². The summed E-state index contributed by atoms with van der Waals surface area (Å²) in [4.78, 5) is 21.7. The molecule has 0 saturated carbocycles. The van der Waals surface area contributed by atoms with Gasteiger partial charge in [-0.3, -0.25) is 9.59 Å². The average molecular weight is 274 g/mol. The van der Waals surface area contributed by atoms with Crippen LogP contribution in [0.15, 0.2) is 24.3 Å². The summed E-state index contributed by atoms with van der Waals surface area (Å²) in [5, 5.41) is 5.43. The number of carbonyl (C=O) groups is 2. The van der Waals surface area contributed by atoms with Gasteiger partial charge in [0.25, 0.3) is 5.91 Å². The van der Waals surface area contributed by atoms with Crippen LogP contribution in [0.3, 0.4) is 0 Å². The molecule has 0 spiro atoms. The van der Waals surface area contributed by atoms with Crippen LogP contribution in [0.4, 0.5) is 5.69 Å². The first-order chi connectivity index (χ1) is 8.11. The number of benzene rings is 1. The van der Waals surface area contributed by atoms with Crippen LogP contribution in [-0.2, 0) is 9.59 Å². The molecule has 0 aliphatic carbocycles. The minimum absolute atomic E-state index is 0. The molecule has 0 aromatic heterocycles. The van der Waals surface area contributed by atoms with Crippen molar-refractivity contribution in [1.82, 2.24) is 5.32 Å². The van der Waals surface area contributed by atoms with Crippen LogP contribution in [0.5, 0.6) is 5.75 Å². The van der Waals surface area contributed by atoms with E-state index in [0.717, 1.165) is 0 Å². The zero-order chi connectivity index (χ0) is 12.7. The molecule has 0 atom stereocenters. The van der Waals surface area contributed by atoms with Gasteiger partial charge >= 0.3 is 0 Å². The molecule has 0 heterocycles. The molecular formula is C11H16ClN3O3. The smallest absolute Gasteiger partial charge is 0.255 e. The Morgan fingerprint density at radius 3 is 2.39 bits per heavy atom. The number of halogens is 1. The van der Waals surface area contributed by atoms with Gasteiger partial charge in [-0.1, -0.05) is 0 Å². The summed E-state index contributed by atoms with van der Waals surface area (Å²) in [5.74, 6) is -0.134. The van der Waals surface area contributed by atoms with Crippen LogP contribution in [0.1, 0.15) is 0 Å². The largest absolute Gasteiger partial charge is 0.484 e. The molecule has 0 bridgehead atoms. The van der Waals surface area contributed by atoms with E-state index in [1.165, 1.54) is 0 Å². The predicted molar refractivity (Wildman–Crippen MR) is 70.9 cm³/mol. The zero-order valence-corrected chi connectivity index (χ0v) is 10.8. The van der Waals surface area contributed by atoms with Crippen LogP contribution < -0.4 is 21.1 Å². The maximum Gasteiger partial charge on any atom is 0.255 e. The van der Waals surface area contributed by atoms with Crippen molar-refractivity contribution in [3.05, 3.63) is 24.3 Å². The van der Waals surface area contributed by atoms with Gasteiger partial charge in [-0.15, -0.1) is 12.4 Å². The van der Waals surface area contributed by atoms with Gasteiger partial charge in [0.1, 0.15) is 5.75 Å². The van der Waals surface area contributed by atoms with E-state index in [1.807, 2.05) is 0 Å². The van der Waals surface area contributed by atoms with E-state index in [9.17, 15) is 9.59 Å². The highest BCUT2D eigenvalue weighted by molar-refractivity contribution is 5.92. The minimum atomic E-state index is -0.531. The molecule has 1 aromatic rings. The quantitative estimate of drug-likeness (QED) is 0.687. The van der Waals surface area contributed by atoms with Crippen molar-refractivity contribution in [1.29, 1.82) is 0 Å². The molecule has 0 radical (unpaired) electrons. The number of rotatable bonds is 6. The standard InChI is InChI=1S/C11H15N3O3.ClH/c1-13-6-11(16)14-8-2-4-9(5-3-8)17-7-10(12)15;/h2-5,13H,6-7H2,1H3,(H2,12,15)(H,14,16);1H. The number of anilines is 1. The van der Waals surface area contributed by atoms with Crippen LogP contribution >= 0.6 is 12.4 Å². The third kappa shape index (κ3) is 6.07. The van der Waals surface area contributed by atoms with Crippen molar-refractivity contribution in [2.24, 2.45) is 5.73 Å². The second-order valence-electron chi connectivity index (χ2n) is 3.36. The van der Waals surface area contributed by atoms with Crippen LogP contribution in [0.2, 0.25) is 0 Å². The Morgan fingerprint density at radius 1 is 1.28 bits per heavy atom. The SMILES string of the molecule is CNCC(=O)Nc1ccc(OCC(N)=O)cc1.Cl. The molecule has 18 heavy (non-hydrogen) atoms. The summed E-state index contributed by atoms with van der Waals surface area (Å²) in [5.41, 5.74) is 5.61. The van der Waals surface area contributed by atoms with E-state index >= 15 is 0 Å². The molecule has 0 aliphatic rings. The first kappa shape index (κ1) is 16.2. The fourth-order valence-corrected chi connectivity index (χ4v) is 1.15. The number of primary amides is 1. The molecule has 0 fully saturated rings. The van der Waals surface area contributed by atoms with Gasteiger partial charge < -0.3 is 21.1 Å². The van der Waals surface area contributed by atoms with Gasteiger partial charge in [-0.25, -0.2) is 0 Å². The Balaban J connectivity index is 0.00000289. The maximum absolute atomic E-state index is 11.2. The fourth-order valence-electron chi connectivity index (χ4n) is 1.15. The Morgan fingerprint density at radius 2 is 1.89 bits per heavy atom. The molecule has 1 rings (SSSR count). The zero-order valence-electron chi connectivity index (χ0n) is 9.93. The van der Waals surface area contributed by atoms with Crippen molar-refractivity contribution >= 4 is 29.9 Å². The first-order valence-corrected chi connectivity index (χ1v) is 5.07. The summed E-state index contributed by atoms with van der Waals surface area (Å²) < 4.78 is 5.08. The van der Waals surface area contributed by atoms with E-state index in [-0.39, 0.29) is 31.5 Å². The molecular weight excluding hydrogens is 258 g/mol. The molecule has 6 nitrogen and oxygen atoms in total. The van der Waals surface area contributed by atoms with E-state index in [2.05, 4.69) is 10.6 Å². The number of amides is 2. The van der Waals surface area contributed by atoms with Crippen LogP contribution in [0, 0.1) is 0 Å². The molecule has 0 aliphatic heterocycles.